The minimum Gasteiger partial charge on any atom is -0.468 e. The van der Waals surface area contributed by atoms with Crippen molar-refractivity contribution in [2.75, 3.05) is 14.2 Å². The second-order valence-electron chi connectivity index (χ2n) is 6.04. The van der Waals surface area contributed by atoms with Crippen molar-refractivity contribution in [3.05, 3.63) is 34.4 Å². The predicted molar refractivity (Wildman–Crippen MR) is 83.3 cm³/mol. The molecule has 23 heavy (non-hydrogen) atoms. The minimum atomic E-state index is -4.26. The average molecular weight is 344 g/mol. The second kappa shape index (κ2) is 6.63. The van der Waals surface area contributed by atoms with E-state index in [1.807, 2.05) is 0 Å². The van der Waals surface area contributed by atoms with Crippen LogP contribution in [0.25, 0.3) is 0 Å². The number of hydrogen-bond donors (Lipinski definition) is 0. The Balaban J connectivity index is 3.48. The maximum atomic E-state index is 12.8. The molecule has 0 aliphatic carbocycles. The topological polar surface area (TPSA) is 107 Å². The zero-order chi connectivity index (χ0) is 18.0. The molecule has 0 radical (unpaired) electrons. The van der Waals surface area contributed by atoms with E-state index in [4.69, 9.17) is 0 Å². The van der Waals surface area contributed by atoms with Gasteiger partial charge in [-0.15, -0.1) is 0 Å². The number of hydrogen-bond acceptors (Lipinski definition) is 6. The summed E-state index contributed by atoms with van der Waals surface area (Å²) in [6.45, 7) is 5.04. The predicted octanol–water partition coefficient (Wildman–Crippen LogP) is 1.80. The summed E-state index contributed by atoms with van der Waals surface area (Å²) in [5.41, 5.74) is -1.31. The van der Waals surface area contributed by atoms with Gasteiger partial charge >= 0.3 is 5.97 Å². The van der Waals surface area contributed by atoms with Crippen LogP contribution in [0.3, 0.4) is 0 Å². The number of benzene rings is 1. The maximum Gasteiger partial charge on any atom is 0.324 e. The summed E-state index contributed by atoms with van der Waals surface area (Å²) in [5, 5.41) is 11.1. The van der Waals surface area contributed by atoms with Gasteiger partial charge in [0.2, 0.25) is 10.0 Å². The molecule has 0 heterocycles. The van der Waals surface area contributed by atoms with E-state index in [0.717, 1.165) is 23.5 Å². The van der Waals surface area contributed by atoms with E-state index in [1.165, 1.54) is 19.2 Å². The van der Waals surface area contributed by atoms with E-state index in [0.29, 0.717) is 0 Å². The Morgan fingerprint density at radius 3 is 2.26 bits per heavy atom. The fraction of sp³-hybridized carbons (Fsp3) is 0.500. The van der Waals surface area contributed by atoms with Crippen LogP contribution in [0.4, 0.5) is 5.69 Å². The molecule has 1 aromatic carbocycles. The minimum absolute atomic E-state index is 0.467. The number of nitro groups is 1. The number of likely N-dealkylation sites (N-methyl/N-ethyl adjacent to an activating group) is 1. The zero-order valence-corrected chi connectivity index (χ0v) is 14.5. The van der Waals surface area contributed by atoms with Crippen molar-refractivity contribution in [2.24, 2.45) is 5.41 Å². The monoisotopic (exact) mass is 344 g/mol. The normalized spacial score (nSPS) is 13.7. The van der Waals surface area contributed by atoms with Crippen LogP contribution < -0.4 is 0 Å². The molecule has 0 spiro atoms. The Morgan fingerprint density at radius 2 is 1.83 bits per heavy atom. The highest BCUT2D eigenvalue weighted by molar-refractivity contribution is 7.89. The molecule has 0 aliphatic heterocycles. The number of carbonyl (C=O) groups excluding carboxylic acids is 1. The van der Waals surface area contributed by atoms with Crippen molar-refractivity contribution in [3.63, 3.8) is 0 Å². The Morgan fingerprint density at radius 1 is 1.30 bits per heavy atom. The molecule has 0 fully saturated rings. The Kier molecular flexibility index (Phi) is 5.49. The van der Waals surface area contributed by atoms with Crippen LogP contribution in [-0.4, -0.2) is 43.8 Å². The molecule has 9 heteroatoms. The Bertz CT molecular complexity index is 708. The third-order valence-corrected chi connectivity index (χ3v) is 5.20. The molecule has 0 saturated carbocycles. The first-order valence-corrected chi connectivity index (χ1v) is 8.18. The van der Waals surface area contributed by atoms with Crippen molar-refractivity contribution in [1.82, 2.24) is 4.31 Å². The molecule has 1 atom stereocenters. The number of rotatable bonds is 5. The first kappa shape index (κ1) is 19.0. The Hall–Kier alpha value is -2.00. The highest BCUT2D eigenvalue weighted by atomic mass is 32.2. The van der Waals surface area contributed by atoms with Crippen molar-refractivity contribution >= 4 is 21.7 Å². The first-order valence-electron chi connectivity index (χ1n) is 6.74. The van der Waals surface area contributed by atoms with Crippen molar-refractivity contribution in [3.8, 4) is 0 Å². The summed E-state index contributed by atoms with van der Waals surface area (Å²) in [6, 6.07) is 3.88. The summed E-state index contributed by atoms with van der Waals surface area (Å²) in [4.78, 5) is 21.9. The molecule has 8 nitrogen and oxygen atoms in total. The third kappa shape index (κ3) is 3.85. The molecule has 0 amide bonds. The average Bonchev–Trinajstić information content (AvgIpc) is 2.45. The molecule has 0 aliphatic rings. The van der Waals surface area contributed by atoms with Crippen LogP contribution in [0.5, 0.6) is 0 Å². The Labute approximate surface area is 135 Å². The van der Waals surface area contributed by atoms with Gasteiger partial charge in [-0.2, -0.15) is 4.31 Å². The van der Waals surface area contributed by atoms with E-state index in [-0.39, 0.29) is 0 Å². The number of sulfonamides is 1. The van der Waals surface area contributed by atoms with Gasteiger partial charge in [0.1, 0.15) is 6.04 Å². The lowest BCUT2D eigenvalue weighted by molar-refractivity contribution is -0.387. The van der Waals surface area contributed by atoms with Gasteiger partial charge in [0, 0.05) is 13.1 Å². The molecule has 0 unspecified atom stereocenters. The fourth-order valence-electron chi connectivity index (χ4n) is 2.28. The molecular formula is C14H20N2O6S. The molecule has 128 valence electrons. The third-order valence-electron chi connectivity index (χ3n) is 3.33. The van der Waals surface area contributed by atoms with Gasteiger partial charge in [0.15, 0.2) is 4.90 Å². The lowest BCUT2D eigenvalue weighted by Gasteiger charge is -2.34. The van der Waals surface area contributed by atoms with Gasteiger partial charge < -0.3 is 4.74 Å². The van der Waals surface area contributed by atoms with Gasteiger partial charge in [0.25, 0.3) is 5.69 Å². The molecule has 0 aromatic heterocycles. The van der Waals surface area contributed by atoms with Crippen LogP contribution in [0.2, 0.25) is 0 Å². The smallest absolute Gasteiger partial charge is 0.324 e. The number of methoxy groups -OCH3 is 1. The zero-order valence-electron chi connectivity index (χ0n) is 13.6. The van der Waals surface area contributed by atoms with Crippen LogP contribution in [0, 0.1) is 15.5 Å². The van der Waals surface area contributed by atoms with Crippen LogP contribution in [0.15, 0.2) is 29.2 Å². The van der Waals surface area contributed by atoms with E-state index in [1.54, 1.807) is 20.8 Å². The first-order chi connectivity index (χ1) is 10.4. The lowest BCUT2D eigenvalue weighted by Crippen LogP contribution is -2.50. The quantitative estimate of drug-likeness (QED) is 0.458. The van der Waals surface area contributed by atoms with Gasteiger partial charge in [-0.3, -0.25) is 14.9 Å². The van der Waals surface area contributed by atoms with Crippen molar-refractivity contribution in [1.29, 1.82) is 0 Å². The van der Waals surface area contributed by atoms with Crippen molar-refractivity contribution < 1.29 is 22.9 Å². The lowest BCUT2D eigenvalue weighted by atomic mass is 9.87. The number of ether oxygens (including phenoxy) is 1. The number of carbonyl (C=O) groups is 1. The summed E-state index contributed by atoms with van der Waals surface area (Å²) in [6.07, 6.45) is 0. The number of nitrogens with zero attached hydrogens (tertiary/aromatic N) is 2. The van der Waals surface area contributed by atoms with Gasteiger partial charge in [-0.05, 0) is 11.5 Å². The maximum absolute atomic E-state index is 12.8. The van der Waals surface area contributed by atoms with E-state index >= 15 is 0 Å². The SMILES string of the molecule is COC(=O)[C@@H](N(C)S(=O)(=O)c1ccccc1[N+](=O)[O-])C(C)(C)C. The van der Waals surface area contributed by atoms with E-state index < -0.39 is 43.0 Å². The standard InChI is InChI=1S/C14H20N2O6S/c1-14(2,3)12(13(17)22-5)15(4)23(20,21)11-9-7-6-8-10(11)16(18)19/h6-9,12H,1-5H3/t12-/m1/s1. The number of para-hydroxylation sites is 1. The molecule has 1 rings (SSSR count). The number of esters is 1. The summed E-state index contributed by atoms with van der Waals surface area (Å²) in [5.74, 6) is -0.734. The summed E-state index contributed by atoms with van der Waals surface area (Å²) in [7, 11) is -1.89. The van der Waals surface area contributed by atoms with Crippen molar-refractivity contribution in [2.45, 2.75) is 31.7 Å². The van der Waals surface area contributed by atoms with Crippen LogP contribution in [0.1, 0.15) is 20.8 Å². The fourth-order valence-corrected chi connectivity index (χ4v) is 3.93. The molecule has 0 saturated heterocycles. The van der Waals surface area contributed by atoms with Gasteiger partial charge in [-0.1, -0.05) is 32.9 Å². The summed E-state index contributed by atoms with van der Waals surface area (Å²) < 4.78 is 31.1. The highest BCUT2D eigenvalue weighted by Gasteiger charge is 2.43. The van der Waals surface area contributed by atoms with E-state index in [9.17, 15) is 23.3 Å². The molecule has 0 N–H and O–H groups in total. The second-order valence-corrected chi connectivity index (χ2v) is 8.00. The largest absolute Gasteiger partial charge is 0.468 e. The van der Waals surface area contributed by atoms with Gasteiger partial charge in [-0.25, -0.2) is 8.42 Å². The van der Waals surface area contributed by atoms with Crippen LogP contribution in [-0.2, 0) is 19.6 Å². The van der Waals surface area contributed by atoms with Gasteiger partial charge in [0.05, 0.1) is 12.0 Å². The van der Waals surface area contributed by atoms with E-state index in [2.05, 4.69) is 4.74 Å². The van der Waals surface area contributed by atoms with Crippen LogP contribution >= 0.6 is 0 Å². The molecule has 0 bridgehead atoms. The number of nitro benzene ring substituents is 1. The summed E-state index contributed by atoms with van der Waals surface area (Å²) >= 11 is 0. The highest BCUT2D eigenvalue weighted by Crippen LogP contribution is 2.32. The molecule has 1 aromatic rings. The molecular weight excluding hydrogens is 324 g/mol.